The molecule has 1 aliphatic heterocycles. The topological polar surface area (TPSA) is 61.8 Å². The molecule has 1 aliphatic rings. The molecule has 5 nitrogen and oxygen atoms in total. The van der Waals surface area contributed by atoms with Crippen molar-refractivity contribution in [1.29, 1.82) is 0 Å². The number of aliphatic hydroxyl groups is 1. The molecule has 0 aliphatic carbocycles. The van der Waals surface area contributed by atoms with Crippen molar-refractivity contribution in [3.05, 3.63) is 0 Å². The molecule has 1 rings (SSSR count). The summed E-state index contributed by atoms with van der Waals surface area (Å²) >= 11 is 0. The predicted octanol–water partition coefficient (Wildman–Crippen LogP) is 0.191. The van der Waals surface area contributed by atoms with Crippen LogP contribution in [0.2, 0.25) is 0 Å². The summed E-state index contributed by atoms with van der Waals surface area (Å²) < 4.78 is 5.08. The maximum atomic E-state index is 11.5. The van der Waals surface area contributed by atoms with Gasteiger partial charge in [-0.05, 0) is 19.3 Å². The number of likely N-dealkylation sites (tertiary alicyclic amines) is 1. The van der Waals surface area contributed by atoms with E-state index in [2.05, 4.69) is 5.32 Å². The molecule has 0 aromatic heterocycles. The van der Waals surface area contributed by atoms with Crippen LogP contribution in [0, 0.1) is 0 Å². The van der Waals surface area contributed by atoms with Gasteiger partial charge in [0.25, 0.3) is 0 Å². The molecule has 1 saturated heterocycles. The Hall–Kier alpha value is -0.810. The van der Waals surface area contributed by atoms with E-state index in [1.54, 1.807) is 0 Å². The van der Waals surface area contributed by atoms with Crippen molar-refractivity contribution in [3.63, 3.8) is 0 Å². The molecule has 0 radical (unpaired) electrons. The summed E-state index contributed by atoms with van der Waals surface area (Å²) in [6.07, 6.45) is 3.03. The van der Waals surface area contributed by atoms with Crippen molar-refractivity contribution in [2.24, 2.45) is 0 Å². The van der Waals surface area contributed by atoms with Crippen LogP contribution in [0.4, 0.5) is 4.79 Å². The Morgan fingerprint density at radius 2 is 2.07 bits per heavy atom. The maximum absolute atomic E-state index is 11.5. The van der Waals surface area contributed by atoms with Crippen LogP contribution in [0.1, 0.15) is 19.3 Å². The molecule has 0 aromatic rings. The summed E-state index contributed by atoms with van der Waals surface area (Å²) in [6, 6.07) is 0.0367. The Morgan fingerprint density at radius 1 is 1.33 bits per heavy atom. The van der Waals surface area contributed by atoms with Crippen molar-refractivity contribution >= 4 is 6.03 Å². The highest BCUT2D eigenvalue weighted by atomic mass is 16.5. The number of ether oxygens (including phenoxy) is 1. The fourth-order valence-electron chi connectivity index (χ4n) is 1.57. The van der Waals surface area contributed by atoms with Gasteiger partial charge in [0.15, 0.2) is 0 Å². The molecule has 0 bridgehead atoms. The van der Waals surface area contributed by atoms with Gasteiger partial charge >= 0.3 is 6.03 Å². The van der Waals surface area contributed by atoms with Gasteiger partial charge in [0.1, 0.15) is 0 Å². The van der Waals surface area contributed by atoms with Crippen LogP contribution >= 0.6 is 0 Å². The number of carbonyl (C=O) groups excluding carboxylic acids is 1. The Kier molecular flexibility index (Phi) is 6.11. The molecule has 0 spiro atoms. The van der Waals surface area contributed by atoms with Crippen LogP contribution in [-0.2, 0) is 4.74 Å². The summed E-state index contributed by atoms with van der Waals surface area (Å²) in [5.41, 5.74) is 0. The fraction of sp³-hybridized carbons (Fsp3) is 0.900. The van der Waals surface area contributed by atoms with E-state index >= 15 is 0 Å². The van der Waals surface area contributed by atoms with Crippen molar-refractivity contribution in [2.45, 2.75) is 19.3 Å². The summed E-state index contributed by atoms with van der Waals surface area (Å²) in [4.78, 5) is 13.3. The first-order valence-electron chi connectivity index (χ1n) is 5.56. The van der Waals surface area contributed by atoms with Crippen molar-refractivity contribution in [1.82, 2.24) is 10.2 Å². The fourth-order valence-corrected chi connectivity index (χ4v) is 1.57. The average molecular weight is 216 g/mol. The lowest BCUT2D eigenvalue weighted by atomic mass is 10.4. The van der Waals surface area contributed by atoms with E-state index in [1.807, 2.05) is 4.90 Å². The molecular formula is C10H20N2O3. The number of nitrogens with zero attached hydrogens (tertiary/aromatic N) is 1. The normalized spacial score (nSPS) is 15.7. The highest BCUT2D eigenvalue weighted by molar-refractivity contribution is 5.74. The number of amides is 2. The number of rotatable bonds is 6. The largest absolute Gasteiger partial charge is 0.394 e. The second-order valence-electron chi connectivity index (χ2n) is 3.62. The Morgan fingerprint density at radius 3 is 2.73 bits per heavy atom. The zero-order chi connectivity index (χ0) is 10.9. The average Bonchev–Trinajstić information content (AvgIpc) is 2.76. The molecule has 0 atom stereocenters. The van der Waals surface area contributed by atoms with Crippen LogP contribution in [0.25, 0.3) is 0 Å². The molecule has 2 amide bonds. The third kappa shape index (κ3) is 4.99. The molecule has 0 aromatic carbocycles. The smallest absolute Gasteiger partial charge is 0.317 e. The minimum atomic E-state index is 0.0367. The lowest BCUT2D eigenvalue weighted by molar-refractivity contribution is 0.0907. The first-order valence-corrected chi connectivity index (χ1v) is 5.56. The molecule has 2 N–H and O–H groups in total. The third-order valence-corrected chi connectivity index (χ3v) is 2.37. The number of nitrogens with one attached hydrogen (secondary N) is 1. The van der Waals surface area contributed by atoms with Crippen LogP contribution in [0.5, 0.6) is 0 Å². The van der Waals surface area contributed by atoms with E-state index in [0.717, 1.165) is 32.4 Å². The Labute approximate surface area is 90.4 Å². The van der Waals surface area contributed by atoms with E-state index in [1.165, 1.54) is 0 Å². The highest BCUT2D eigenvalue weighted by Gasteiger charge is 2.16. The second kappa shape index (κ2) is 7.48. The van der Waals surface area contributed by atoms with Gasteiger partial charge < -0.3 is 20.1 Å². The second-order valence-corrected chi connectivity index (χ2v) is 3.62. The molecular weight excluding hydrogens is 196 g/mol. The number of urea groups is 1. The Balaban J connectivity index is 1.92. The molecule has 1 heterocycles. The van der Waals surface area contributed by atoms with E-state index in [-0.39, 0.29) is 12.6 Å². The molecule has 1 fully saturated rings. The quantitative estimate of drug-likeness (QED) is 0.623. The lowest BCUT2D eigenvalue weighted by Crippen LogP contribution is -2.38. The van der Waals surface area contributed by atoms with Crippen molar-refractivity contribution in [2.75, 3.05) is 39.5 Å². The van der Waals surface area contributed by atoms with Crippen LogP contribution in [0.3, 0.4) is 0 Å². The molecule has 0 unspecified atom stereocenters. The number of carbonyl (C=O) groups is 1. The van der Waals surface area contributed by atoms with Crippen LogP contribution in [-0.4, -0.2) is 55.5 Å². The standard InChI is InChI=1S/C10H20N2O3/c13-7-9-15-8-3-4-11-10(14)12-5-1-2-6-12/h13H,1-9H2,(H,11,14). The zero-order valence-corrected chi connectivity index (χ0v) is 9.07. The molecule has 15 heavy (non-hydrogen) atoms. The van der Waals surface area contributed by atoms with Gasteiger partial charge in [0.2, 0.25) is 0 Å². The van der Waals surface area contributed by atoms with E-state index in [4.69, 9.17) is 9.84 Å². The minimum Gasteiger partial charge on any atom is -0.394 e. The minimum absolute atomic E-state index is 0.0367. The molecule has 0 saturated carbocycles. The molecule has 88 valence electrons. The number of aliphatic hydroxyl groups excluding tert-OH is 1. The van der Waals surface area contributed by atoms with Crippen LogP contribution < -0.4 is 5.32 Å². The van der Waals surface area contributed by atoms with Gasteiger partial charge in [-0.15, -0.1) is 0 Å². The van der Waals surface area contributed by atoms with E-state index < -0.39 is 0 Å². The van der Waals surface area contributed by atoms with Crippen molar-refractivity contribution < 1.29 is 14.6 Å². The van der Waals surface area contributed by atoms with E-state index in [0.29, 0.717) is 19.8 Å². The summed E-state index contributed by atoms with van der Waals surface area (Å²) in [5, 5.41) is 11.3. The zero-order valence-electron chi connectivity index (χ0n) is 9.07. The number of hydrogen-bond acceptors (Lipinski definition) is 3. The van der Waals surface area contributed by atoms with Crippen LogP contribution in [0.15, 0.2) is 0 Å². The monoisotopic (exact) mass is 216 g/mol. The van der Waals surface area contributed by atoms with Gasteiger partial charge in [-0.3, -0.25) is 0 Å². The van der Waals surface area contributed by atoms with E-state index in [9.17, 15) is 4.79 Å². The highest BCUT2D eigenvalue weighted by Crippen LogP contribution is 2.06. The van der Waals surface area contributed by atoms with Gasteiger partial charge in [-0.25, -0.2) is 4.79 Å². The van der Waals surface area contributed by atoms with Gasteiger partial charge in [0.05, 0.1) is 13.2 Å². The SMILES string of the molecule is O=C(NCCCOCCO)N1CCCC1. The summed E-state index contributed by atoms with van der Waals surface area (Å²) in [6.45, 7) is 3.42. The van der Waals surface area contributed by atoms with Gasteiger partial charge in [-0.1, -0.05) is 0 Å². The Bertz CT molecular complexity index is 182. The first-order chi connectivity index (χ1) is 7.34. The van der Waals surface area contributed by atoms with Gasteiger partial charge in [-0.2, -0.15) is 0 Å². The third-order valence-electron chi connectivity index (χ3n) is 2.37. The predicted molar refractivity (Wildman–Crippen MR) is 56.7 cm³/mol. The summed E-state index contributed by atoms with van der Waals surface area (Å²) in [7, 11) is 0. The lowest BCUT2D eigenvalue weighted by Gasteiger charge is -2.15. The van der Waals surface area contributed by atoms with Gasteiger partial charge in [0, 0.05) is 26.2 Å². The number of hydrogen-bond donors (Lipinski definition) is 2. The first kappa shape index (κ1) is 12.3. The van der Waals surface area contributed by atoms with Crippen molar-refractivity contribution in [3.8, 4) is 0 Å². The summed E-state index contributed by atoms with van der Waals surface area (Å²) in [5.74, 6) is 0. The molecule has 5 heteroatoms. The maximum Gasteiger partial charge on any atom is 0.317 e.